The molecule has 0 spiro atoms. The van der Waals surface area contributed by atoms with Crippen LogP contribution in [0.4, 0.5) is 10.1 Å². The largest absolute Gasteiger partial charge is 0.319 e. The lowest BCUT2D eigenvalue weighted by Gasteiger charge is -2.09. The maximum atomic E-state index is 13.8. The number of hydrogen-bond donors (Lipinski definition) is 2. The topological polar surface area (TPSA) is 57.8 Å². The van der Waals surface area contributed by atoms with E-state index in [1.807, 2.05) is 25.1 Å². The van der Waals surface area contributed by atoms with E-state index in [9.17, 15) is 9.18 Å². The Bertz CT molecular complexity index is 860. The normalized spacial score (nSPS) is 10.9. The third kappa shape index (κ3) is 2.55. The molecule has 0 saturated heterocycles. The van der Waals surface area contributed by atoms with E-state index >= 15 is 0 Å². The molecule has 0 radical (unpaired) electrons. The summed E-state index contributed by atoms with van der Waals surface area (Å²) in [6, 6.07) is 10.0. The highest BCUT2D eigenvalue weighted by atomic mass is 35.5. The molecule has 3 rings (SSSR count). The zero-order chi connectivity index (χ0) is 15.7. The maximum Gasteiger partial charge on any atom is 0.276 e. The summed E-state index contributed by atoms with van der Waals surface area (Å²) in [6.45, 7) is 1.84. The Hall–Kier alpha value is -2.40. The number of anilines is 1. The second-order valence-electron chi connectivity index (χ2n) is 4.85. The minimum atomic E-state index is -0.442. The van der Waals surface area contributed by atoms with E-state index < -0.39 is 11.7 Å². The molecule has 4 nitrogen and oxygen atoms in total. The van der Waals surface area contributed by atoms with Crippen LogP contribution >= 0.6 is 11.6 Å². The number of aromatic nitrogens is 2. The van der Waals surface area contributed by atoms with E-state index in [0.717, 1.165) is 5.52 Å². The van der Waals surface area contributed by atoms with Crippen molar-refractivity contribution in [2.24, 2.45) is 0 Å². The van der Waals surface area contributed by atoms with Crippen molar-refractivity contribution in [2.45, 2.75) is 13.3 Å². The van der Waals surface area contributed by atoms with E-state index in [-0.39, 0.29) is 11.4 Å². The molecule has 112 valence electrons. The molecule has 0 bridgehead atoms. The molecule has 0 atom stereocenters. The lowest BCUT2D eigenvalue weighted by molar-refractivity contribution is 0.102. The lowest BCUT2D eigenvalue weighted by atomic mass is 10.1. The number of para-hydroxylation sites is 1. The average molecular weight is 318 g/mol. The van der Waals surface area contributed by atoms with Gasteiger partial charge in [-0.3, -0.25) is 9.89 Å². The quantitative estimate of drug-likeness (QED) is 0.761. The van der Waals surface area contributed by atoms with E-state index in [1.165, 1.54) is 12.1 Å². The van der Waals surface area contributed by atoms with Crippen molar-refractivity contribution in [3.63, 3.8) is 0 Å². The number of H-pyrrole nitrogens is 1. The highest BCUT2D eigenvalue weighted by Gasteiger charge is 2.16. The van der Waals surface area contributed by atoms with Gasteiger partial charge in [0.2, 0.25) is 0 Å². The molecule has 0 fully saturated rings. The van der Waals surface area contributed by atoms with Crippen LogP contribution in [0, 0.1) is 5.82 Å². The van der Waals surface area contributed by atoms with Gasteiger partial charge in [0.15, 0.2) is 5.69 Å². The number of nitrogens with one attached hydrogen (secondary N) is 2. The Labute approximate surface area is 131 Å². The third-order valence-corrected chi connectivity index (χ3v) is 3.76. The first-order chi connectivity index (χ1) is 10.6. The number of nitrogens with zero attached hydrogens (tertiary/aromatic N) is 1. The summed E-state index contributed by atoms with van der Waals surface area (Å²) in [5.74, 6) is -0.836. The third-order valence-electron chi connectivity index (χ3n) is 3.45. The molecule has 0 aliphatic rings. The Morgan fingerprint density at radius 2 is 2.14 bits per heavy atom. The fraction of sp³-hybridized carbons (Fsp3) is 0.125. The smallest absolute Gasteiger partial charge is 0.276 e. The number of hydrogen-bond acceptors (Lipinski definition) is 2. The van der Waals surface area contributed by atoms with Gasteiger partial charge in [-0.1, -0.05) is 36.7 Å². The van der Waals surface area contributed by atoms with E-state index in [2.05, 4.69) is 15.5 Å². The number of amides is 1. The molecule has 2 N–H and O–H groups in total. The van der Waals surface area contributed by atoms with Crippen LogP contribution in [0.15, 0.2) is 36.4 Å². The van der Waals surface area contributed by atoms with Crippen LogP contribution < -0.4 is 5.32 Å². The van der Waals surface area contributed by atoms with Crippen LogP contribution in [0.5, 0.6) is 0 Å². The van der Waals surface area contributed by atoms with Crippen molar-refractivity contribution in [3.8, 4) is 0 Å². The van der Waals surface area contributed by atoms with Crippen molar-refractivity contribution in [1.82, 2.24) is 10.2 Å². The summed E-state index contributed by atoms with van der Waals surface area (Å²) in [6.07, 6.45) is 0.532. The minimum absolute atomic E-state index is 0.230. The van der Waals surface area contributed by atoms with Crippen molar-refractivity contribution in [2.75, 3.05) is 5.32 Å². The zero-order valence-corrected chi connectivity index (χ0v) is 12.5. The highest BCUT2D eigenvalue weighted by molar-refractivity contribution is 6.34. The second-order valence-corrected chi connectivity index (χ2v) is 5.26. The molecule has 0 unspecified atom stereocenters. The Kier molecular flexibility index (Phi) is 3.81. The van der Waals surface area contributed by atoms with Gasteiger partial charge in [-0.15, -0.1) is 0 Å². The number of aryl methyl sites for hydroxylation is 1. The molecular formula is C16H13ClFN3O. The molecule has 1 amide bonds. The van der Waals surface area contributed by atoms with Gasteiger partial charge in [-0.05, 0) is 30.2 Å². The molecular weight excluding hydrogens is 305 g/mol. The Balaban J connectivity index is 1.93. The van der Waals surface area contributed by atoms with Gasteiger partial charge < -0.3 is 5.32 Å². The number of rotatable bonds is 3. The lowest BCUT2D eigenvalue weighted by Crippen LogP contribution is -2.13. The summed E-state index contributed by atoms with van der Waals surface area (Å²) < 4.78 is 13.8. The molecule has 0 aliphatic heterocycles. The second kappa shape index (κ2) is 5.77. The summed E-state index contributed by atoms with van der Waals surface area (Å²) in [5.41, 5.74) is 1.74. The summed E-state index contributed by atoms with van der Waals surface area (Å²) in [4.78, 5) is 12.3. The van der Waals surface area contributed by atoms with E-state index in [1.54, 1.807) is 6.07 Å². The molecule has 0 aliphatic carbocycles. The van der Waals surface area contributed by atoms with Gasteiger partial charge in [-0.25, -0.2) is 4.39 Å². The summed E-state index contributed by atoms with van der Waals surface area (Å²) in [5, 5.41) is 10.4. The van der Waals surface area contributed by atoms with Crippen LogP contribution in [0.2, 0.25) is 5.02 Å². The van der Waals surface area contributed by atoms with Gasteiger partial charge in [0.25, 0.3) is 5.91 Å². The number of carbonyl (C=O) groups excluding carboxylic acids is 1. The van der Waals surface area contributed by atoms with Gasteiger partial charge in [-0.2, -0.15) is 5.10 Å². The molecule has 1 aromatic heterocycles. The first-order valence-electron chi connectivity index (χ1n) is 6.82. The first kappa shape index (κ1) is 14.5. The number of aromatic amines is 1. The molecule has 1 heterocycles. The van der Waals surface area contributed by atoms with Crippen molar-refractivity contribution in [3.05, 3.63) is 58.5 Å². The average Bonchev–Trinajstić information content (AvgIpc) is 2.94. The fourth-order valence-corrected chi connectivity index (χ4v) is 2.51. The van der Waals surface area contributed by atoms with Gasteiger partial charge in [0.1, 0.15) is 5.82 Å². The monoisotopic (exact) mass is 317 g/mol. The van der Waals surface area contributed by atoms with Crippen molar-refractivity contribution in [1.29, 1.82) is 0 Å². The molecule has 22 heavy (non-hydrogen) atoms. The predicted molar refractivity (Wildman–Crippen MR) is 84.8 cm³/mol. The number of benzene rings is 2. The van der Waals surface area contributed by atoms with E-state index in [4.69, 9.17) is 11.6 Å². The number of fused-ring (bicyclic) bond motifs is 1. The highest BCUT2D eigenvalue weighted by Crippen LogP contribution is 2.27. The van der Waals surface area contributed by atoms with Gasteiger partial charge in [0, 0.05) is 5.39 Å². The number of carbonyl (C=O) groups is 1. The SMILES string of the molecule is CCc1cc(Cl)c(NC(=O)c2n[nH]c3ccccc23)cc1F. The Morgan fingerprint density at radius 3 is 2.91 bits per heavy atom. The van der Waals surface area contributed by atoms with Crippen LogP contribution in [-0.2, 0) is 6.42 Å². The van der Waals surface area contributed by atoms with Crippen molar-refractivity contribution < 1.29 is 9.18 Å². The first-order valence-corrected chi connectivity index (χ1v) is 7.20. The summed E-state index contributed by atoms with van der Waals surface area (Å²) >= 11 is 6.09. The summed E-state index contributed by atoms with van der Waals surface area (Å²) in [7, 11) is 0. The standard InChI is InChI=1S/C16H13ClFN3O/c1-2-9-7-11(17)14(8-12(9)18)19-16(22)15-10-5-3-4-6-13(10)20-21-15/h3-8H,2H2,1H3,(H,19,22)(H,20,21). The van der Waals surface area contributed by atoms with Crippen LogP contribution in [0.1, 0.15) is 23.0 Å². The molecule has 0 saturated carbocycles. The molecule has 3 aromatic rings. The van der Waals surface area contributed by atoms with Crippen LogP contribution in [-0.4, -0.2) is 16.1 Å². The predicted octanol–water partition coefficient (Wildman–Crippen LogP) is 4.17. The Morgan fingerprint density at radius 1 is 1.36 bits per heavy atom. The van der Waals surface area contributed by atoms with Crippen LogP contribution in [0.25, 0.3) is 10.9 Å². The van der Waals surface area contributed by atoms with E-state index in [0.29, 0.717) is 22.4 Å². The van der Waals surface area contributed by atoms with Gasteiger partial charge >= 0.3 is 0 Å². The fourth-order valence-electron chi connectivity index (χ4n) is 2.27. The zero-order valence-electron chi connectivity index (χ0n) is 11.8. The van der Waals surface area contributed by atoms with Crippen LogP contribution in [0.3, 0.4) is 0 Å². The minimum Gasteiger partial charge on any atom is -0.319 e. The van der Waals surface area contributed by atoms with Crippen molar-refractivity contribution >= 4 is 34.1 Å². The molecule has 6 heteroatoms. The maximum absolute atomic E-state index is 13.8. The molecule has 2 aromatic carbocycles. The number of halogens is 2. The van der Waals surface area contributed by atoms with Gasteiger partial charge in [0.05, 0.1) is 16.2 Å².